The summed E-state index contributed by atoms with van der Waals surface area (Å²) in [4.78, 5) is 13.0. The van der Waals surface area contributed by atoms with Gasteiger partial charge in [0, 0.05) is 19.8 Å². The summed E-state index contributed by atoms with van der Waals surface area (Å²) in [6.45, 7) is 3.35. The maximum atomic E-state index is 13.7. The lowest BCUT2D eigenvalue weighted by Crippen LogP contribution is -2.24. The summed E-state index contributed by atoms with van der Waals surface area (Å²) >= 11 is 1.25. The van der Waals surface area contributed by atoms with Gasteiger partial charge >= 0.3 is 6.03 Å². The monoisotopic (exact) mass is 447 g/mol. The number of hydrogen-bond acceptors (Lipinski definition) is 4. The van der Waals surface area contributed by atoms with Crippen LogP contribution in [0.4, 0.5) is 10.5 Å². The number of benzene rings is 1. The van der Waals surface area contributed by atoms with Crippen molar-refractivity contribution in [3.63, 3.8) is 0 Å². The second kappa shape index (κ2) is 7.75. The fraction of sp³-hybridized carbons (Fsp3) is 0.500. The zero-order valence-electron chi connectivity index (χ0n) is 17.9. The van der Waals surface area contributed by atoms with E-state index in [-0.39, 0.29) is 0 Å². The largest absolute Gasteiger partial charge is 0.386 e. The molecule has 1 aromatic heterocycles. The molecule has 2 aliphatic carbocycles. The maximum absolute atomic E-state index is 13.7. The third-order valence-electron chi connectivity index (χ3n) is 5.95. The van der Waals surface area contributed by atoms with Crippen molar-refractivity contribution in [2.24, 2.45) is 4.36 Å². The predicted octanol–water partition coefficient (Wildman–Crippen LogP) is 4.49. The molecule has 0 aliphatic heterocycles. The average Bonchev–Trinajstić information content (AvgIpc) is 3.40. The Kier molecular flexibility index (Phi) is 5.55. The molecule has 0 saturated heterocycles. The first-order valence-corrected chi connectivity index (χ1v) is 12.7. The molecule has 1 atom stereocenters. The summed E-state index contributed by atoms with van der Waals surface area (Å²) in [5, 5.41) is 15.0. The van der Waals surface area contributed by atoms with Gasteiger partial charge in [0.25, 0.3) is 0 Å². The number of nitrogens with zero attached hydrogens (tertiary/aromatic N) is 2. The van der Waals surface area contributed by atoms with Gasteiger partial charge in [-0.25, -0.2) is 13.3 Å². The Bertz CT molecular complexity index is 1090. The van der Waals surface area contributed by atoms with Crippen molar-refractivity contribution in [2.75, 3.05) is 19.4 Å². The van der Waals surface area contributed by atoms with Crippen LogP contribution in [0, 0.1) is 0 Å². The normalized spacial score (nSPS) is 17.5. The van der Waals surface area contributed by atoms with Crippen LogP contribution in [0.25, 0.3) is 0 Å². The Morgan fingerprint density at radius 3 is 2.23 bits per heavy atom. The van der Waals surface area contributed by atoms with E-state index in [1.807, 2.05) is 0 Å². The Balaban J connectivity index is 1.71. The second-order valence-corrected chi connectivity index (χ2v) is 12.3. The SMILES string of the molecule is CN(C)[S@](=O)(=NC(=O)Nc1c2c(cc3c1CCC3)CCC2)c1cc(C(C)(C)O)cs1. The van der Waals surface area contributed by atoms with Crippen molar-refractivity contribution in [3.05, 3.63) is 45.3 Å². The van der Waals surface area contributed by atoms with Crippen LogP contribution in [-0.2, 0) is 41.2 Å². The van der Waals surface area contributed by atoms with Crippen LogP contribution in [0.3, 0.4) is 0 Å². The first kappa shape index (κ1) is 21.5. The van der Waals surface area contributed by atoms with E-state index in [1.165, 1.54) is 37.9 Å². The van der Waals surface area contributed by atoms with Crippen LogP contribution in [0.15, 0.2) is 26.1 Å². The standard InChI is InChI=1S/C22H29N3O3S2/c1-22(2,27)16-12-19(29-13-16)30(28,25(3)4)24-21(26)23-20-17-9-5-7-14(17)11-15-8-6-10-18(15)20/h11-13,27H,5-10H2,1-4H3,(H,23,26)/t30-/m1/s1. The van der Waals surface area contributed by atoms with E-state index < -0.39 is 21.5 Å². The lowest BCUT2D eigenvalue weighted by atomic mass is 9.99. The minimum absolute atomic E-state index is 0.461. The van der Waals surface area contributed by atoms with Crippen LogP contribution in [0.5, 0.6) is 0 Å². The van der Waals surface area contributed by atoms with Gasteiger partial charge in [-0.2, -0.15) is 0 Å². The summed E-state index contributed by atoms with van der Waals surface area (Å²) in [5.74, 6) is 0. The van der Waals surface area contributed by atoms with Crippen molar-refractivity contribution < 1.29 is 14.1 Å². The van der Waals surface area contributed by atoms with E-state index in [9.17, 15) is 14.1 Å². The van der Waals surface area contributed by atoms with Gasteiger partial charge in [0.2, 0.25) is 0 Å². The molecule has 162 valence electrons. The number of thiophene rings is 1. The minimum atomic E-state index is -3.12. The van der Waals surface area contributed by atoms with Crippen molar-refractivity contribution in [3.8, 4) is 0 Å². The molecule has 0 fully saturated rings. The van der Waals surface area contributed by atoms with Crippen molar-refractivity contribution in [2.45, 2.75) is 62.2 Å². The molecule has 8 heteroatoms. The van der Waals surface area contributed by atoms with Gasteiger partial charge in [-0.05, 0) is 91.6 Å². The highest BCUT2D eigenvalue weighted by molar-refractivity contribution is 7.93. The number of amides is 2. The quantitative estimate of drug-likeness (QED) is 0.725. The zero-order valence-corrected chi connectivity index (χ0v) is 19.6. The van der Waals surface area contributed by atoms with Gasteiger partial charge in [-0.15, -0.1) is 15.7 Å². The van der Waals surface area contributed by atoms with E-state index in [1.54, 1.807) is 39.4 Å². The highest BCUT2D eigenvalue weighted by Gasteiger charge is 2.27. The molecule has 0 unspecified atom stereocenters. The average molecular weight is 448 g/mol. The number of aryl methyl sites for hydroxylation is 2. The maximum Gasteiger partial charge on any atom is 0.354 e. The molecule has 0 bridgehead atoms. The van der Waals surface area contributed by atoms with Crippen molar-refractivity contribution >= 4 is 33.0 Å². The summed E-state index contributed by atoms with van der Waals surface area (Å²) in [7, 11) is 0.189. The Labute approximate surface area is 182 Å². The molecular formula is C22H29N3O3S2. The summed E-state index contributed by atoms with van der Waals surface area (Å²) in [6.07, 6.45) is 6.21. The first-order valence-electron chi connectivity index (χ1n) is 10.3. The summed E-state index contributed by atoms with van der Waals surface area (Å²) < 4.78 is 19.8. The van der Waals surface area contributed by atoms with Crippen LogP contribution >= 0.6 is 11.3 Å². The molecule has 2 aliphatic rings. The molecule has 1 aromatic carbocycles. The number of carbonyl (C=O) groups is 1. The molecule has 30 heavy (non-hydrogen) atoms. The van der Waals surface area contributed by atoms with Crippen LogP contribution in [-0.4, -0.2) is 33.7 Å². The smallest absolute Gasteiger partial charge is 0.354 e. The molecule has 1 heterocycles. The van der Waals surface area contributed by atoms with Crippen LogP contribution in [0.2, 0.25) is 0 Å². The number of aliphatic hydroxyl groups is 1. The van der Waals surface area contributed by atoms with Crippen molar-refractivity contribution in [1.82, 2.24) is 4.31 Å². The second-order valence-electron chi connectivity index (χ2n) is 8.78. The van der Waals surface area contributed by atoms with Gasteiger partial charge < -0.3 is 10.4 Å². The number of fused-ring (bicyclic) bond motifs is 2. The highest BCUT2D eigenvalue weighted by atomic mass is 32.2. The van der Waals surface area contributed by atoms with E-state index in [0.717, 1.165) is 44.2 Å². The molecular weight excluding hydrogens is 418 g/mol. The van der Waals surface area contributed by atoms with Gasteiger partial charge in [0.15, 0.2) is 9.92 Å². The number of carbonyl (C=O) groups excluding carboxylic acids is 1. The van der Waals surface area contributed by atoms with Crippen LogP contribution in [0.1, 0.15) is 54.5 Å². The highest BCUT2D eigenvalue weighted by Crippen LogP contribution is 2.39. The number of rotatable bonds is 4. The number of hydrogen-bond donors (Lipinski definition) is 2. The molecule has 2 aromatic rings. The molecule has 0 spiro atoms. The third-order valence-corrected chi connectivity index (χ3v) is 9.66. The first-order chi connectivity index (χ1) is 14.1. The Morgan fingerprint density at radius 2 is 1.73 bits per heavy atom. The third kappa shape index (κ3) is 3.82. The van der Waals surface area contributed by atoms with Gasteiger partial charge in [0.05, 0.1) is 5.60 Å². The number of nitrogens with one attached hydrogen (secondary N) is 1. The zero-order chi connectivity index (χ0) is 21.7. The lowest BCUT2D eigenvalue weighted by Gasteiger charge is -2.18. The number of urea groups is 1. The van der Waals surface area contributed by atoms with Crippen molar-refractivity contribution in [1.29, 1.82) is 0 Å². The molecule has 4 rings (SSSR count). The van der Waals surface area contributed by atoms with E-state index >= 15 is 0 Å². The molecule has 2 N–H and O–H groups in total. The summed E-state index contributed by atoms with van der Waals surface area (Å²) in [6, 6.07) is 3.41. The predicted molar refractivity (Wildman–Crippen MR) is 122 cm³/mol. The molecule has 0 saturated carbocycles. The van der Waals surface area contributed by atoms with E-state index in [0.29, 0.717) is 9.77 Å². The van der Waals surface area contributed by atoms with E-state index in [2.05, 4.69) is 15.7 Å². The number of anilines is 1. The Hall–Kier alpha value is -1.74. The fourth-order valence-electron chi connectivity index (χ4n) is 4.29. The van der Waals surface area contributed by atoms with Gasteiger partial charge in [-0.1, -0.05) is 6.07 Å². The molecule has 0 radical (unpaired) electrons. The van der Waals surface area contributed by atoms with Gasteiger partial charge in [-0.3, -0.25) is 0 Å². The minimum Gasteiger partial charge on any atom is -0.386 e. The molecule has 6 nitrogen and oxygen atoms in total. The van der Waals surface area contributed by atoms with Crippen LogP contribution < -0.4 is 5.32 Å². The van der Waals surface area contributed by atoms with Gasteiger partial charge in [0.1, 0.15) is 4.21 Å². The topological polar surface area (TPSA) is 82.0 Å². The summed E-state index contributed by atoms with van der Waals surface area (Å²) in [5.41, 5.74) is 5.60. The fourth-order valence-corrected chi connectivity index (χ4v) is 7.46. The Morgan fingerprint density at radius 1 is 1.13 bits per heavy atom. The van der Waals surface area contributed by atoms with E-state index in [4.69, 9.17) is 0 Å². The molecule has 2 amide bonds. The lowest BCUT2D eigenvalue weighted by molar-refractivity contribution is 0.0789.